The van der Waals surface area contributed by atoms with E-state index < -0.39 is 41.5 Å². The van der Waals surface area contributed by atoms with Crippen molar-refractivity contribution in [2.75, 3.05) is 19.0 Å². The van der Waals surface area contributed by atoms with Gasteiger partial charge in [-0.2, -0.15) is 8.78 Å². The van der Waals surface area contributed by atoms with Crippen LogP contribution in [0.2, 0.25) is 0 Å². The molecule has 9 heteroatoms. The molecule has 4 rings (SSSR count). The minimum atomic E-state index is -1.73. The number of carbonyl (C=O) groups excluding carboxylic acids is 1. The smallest absolute Gasteiger partial charge is 0.262 e. The maximum absolute atomic E-state index is 13.6. The van der Waals surface area contributed by atoms with Crippen molar-refractivity contribution in [3.63, 3.8) is 0 Å². The number of para-hydroxylation sites is 1. The topological polar surface area (TPSA) is 60.7 Å². The lowest BCUT2D eigenvalue weighted by Crippen LogP contribution is -2.21. The number of furan rings is 1. The molecular weight excluding hydrogens is 406 g/mol. The molecule has 1 heterocycles. The number of hydrogen-bond donors (Lipinski definition) is 1. The average Bonchev–Trinajstić information content (AvgIpc) is 3.09. The minimum Gasteiger partial charge on any atom is -0.495 e. The number of nitrogens with one attached hydrogen (secondary N) is 1. The summed E-state index contributed by atoms with van der Waals surface area (Å²) < 4.78 is 69.5. The van der Waals surface area contributed by atoms with Crippen LogP contribution in [0.25, 0.3) is 21.9 Å². The Hall–Kier alpha value is -3.75. The quantitative estimate of drug-likeness (QED) is 0.358. The van der Waals surface area contributed by atoms with Crippen molar-refractivity contribution in [3.8, 4) is 11.5 Å². The fourth-order valence-corrected chi connectivity index (χ4v) is 3.02. The second kappa shape index (κ2) is 7.58. The van der Waals surface area contributed by atoms with E-state index in [9.17, 15) is 22.4 Å². The van der Waals surface area contributed by atoms with Crippen LogP contribution in [-0.2, 0) is 4.79 Å². The third-order valence-electron chi connectivity index (χ3n) is 4.39. The van der Waals surface area contributed by atoms with E-state index >= 15 is 0 Å². The highest BCUT2D eigenvalue weighted by Crippen LogP contribution is 2.36. The Kier molecular flexibility index (Phi) is 4.94. The molecular formula is C21H13F4NO4. The lowest BCUT2D eigenvalue weighted by atomic mass is 10.1. The Labute approximate surface area is 166 Å². The molecule has 1 aromatic heterocycles. The van der Waals surface area contributed by atoms with Crippen LogP contribution < -0.4 is 14.8 Å². The van der Waals surface area contributed by atoms with Gasteiger partial charge < -0.3 is 19.2 Å². The van der Waals surface area contributed by atoms with E-state index in [1.807, 2.05) is 18.2 Å². The molecule has 4 aromatic rings. The van der Waals surface area contributed by atoms with Gasteiger partial charge in [0.15, 0.2) is 24.0 Å². The van der Waals surface area contributed by atoms with E-state index in [4.69, 9.17) is 9.15 Å². The van der Waals surface area contributed by atoms with Crippen LogP contribution in [0, 0.1) is 23.3 Å². The third-order valence-corrected chi connectivity index (χ3v) is 4.39. The number of methoxy groups -OCH3 is 1. The molecule has 0 fully saturated rings. The largest absolute Gasteiger partial charge is 0.495 e. The number of fused-ring (bicyclic) bond motifs is 3. The van der Waals surface area contributed by atoms with Crippen LogP contribution in [0.4, 0.5) is 23.2 Å². The lowest BCUT2D eigenvalue weighted by molar-refractivity contribution is -0.118. The number of halogens is 4. The first-order valence-corrected chi connectivity index (χ1v) is 8.64. The van der Waals surface area contributed by atoms with E-state index in [-0.39, 0.29) is 11.8 Å². The molecule has 0 bridgehead atoms. The molecule has 154 valence electrons. The average molecular weight is 419 g/mol. The monoisotopic (exact) mass is 419 g/mol. The molecule has 0 radical (unpaired) electrons. The van der Waals surface area contributed by atoms with Crippen molar-refractivity contribution in [2.24, 2.45) is 0 Å². The van der Waals surface area contributed by atoms with Gasteiger partial charge in [0, 0.05) is 22.9 Å². The molecule has 30 heavy (non-hydrogen) atoms. The molecule has 0 aliphatic heterocycles. The SMILES string of the molecule is COc1cc2c(cc1NC(=O)COc1c(F)c(F)cc(F)c1F)oc1ccccc12. The zero-order valence-corrected chi connectivity index (χ0v) is 15.4. The van der Waals surface area contributed by atoms with Crippen molar-refractivity contribution >= 4 is 33.5 Å². The zero-order valence-electron chi connectivity index (χ0n) is 15.4. The fraction of sp³-hybridized carbons (Fsp3) is 0.0952. The number of ether oxygens (including phenoxy) is 2. The van der Waals surface area contributed by atoms with Gasteiger partial charge in [-0.3, -0.25) is 4.79 Å². The van der Waals surface area contributed by atoms with Gasteiger partial charge >= 0.3 is 0 Å². The Morgan fingerprint density at radius 1 is 0.967 bits per heavy atom. The second-order valence-electron chi connectivity index (χ2n) is 6.28. The van der Waals surface area contributed by atoms with Gasteiger partial charge in [0.1, 0.15) is 16.9 Å². The van der Waals surface area contributed by atoms with Crippen LogP contribution in [0.5, 0.6) is 11.5 Å². The van der Waals surface area contributed by atoms with Gasteiger partial charge in [-0.15, -0.1) is 0 Å². The minimum absolute atomic E-state index is 0.0466. The van der Waals surface area contributed by atoms with Gasteiger partial charge in [-0.25, -0.2) is 8.78 Å². The van der Waals surface area contributed by atoms with Gasteiger partial charge in [-0.05, 0) is 12.1 Å². The highest BCUT2D eigenvalue weighted by molar-refractivity contribution is 6.07. The molecule has 3 aromatic carbocycles. The van der Waals surface area contributed by atoms with Crippen molar-refractivity contribution in [2.45, 2.75) is 0 Å². The molecule has 0 saturated carbocycles. The summed E-state index contributed by atoms with van der Waals surface area (Å²) in [5, 5.41) is 4.07. The summed E-state index contributed by atoms with van der Waals surface area (Å²) >= 11 is 0. The van der Waals surface area contributed by atoms with E-state index in [1.165, 1.54) is 13.2 Å². The molecule has 5 nitrogen and oxygen atoms in total. The molecule has 1 amide bonds. The standard InChI is InChI=1S/C21H13F4NO4/c1-28-17-6-11-10-4-2-3-5-15(10)30-16(11)8-14(17)26-18(27)9-29-21-19(24)12(22)7-13(23)20(21)25/h2-8H,9H2,1H3,(H,26,27). The van der Waals surface area contributed by atoms with Crippen LogP contribution >= 0.6 is 0 Å². The van der Waals surface area contributed by atoms with Crippen molar-refractivity contribution in [1.82, 2.24) is 0 Å². The van der Waals surface area contributed by atoms with Gasteiger partial charge in [-0.1, -0.05) is 18.2 Å². The number of rotatable bonds is 5. The van der Waals surface area contributed by atoms with Crippen molar-refractivity contribution < 1.29 is 36.2 Å². The molecule has 0 atom stereocenters. The Morgan fingerprint density at radius 3 is 2.37 bits per heavy atom. The number of carbonyl (C=O) groups is 1. The first kappa shape index (κ1) is 19.6. The summed E-state index contributed by atoms with van der Waals surface area (Å²) in [7, 11) is 1.40. The second-order valence-corrected chi connectivity index (χ2v) is 6.28. The molecule has 1 N–H and O–H groups in total. The molecule has 0 aliphatic carbocycles. The summed E-state index contributed by atoms with van der Waals surface area (Å²) in [5.74, 6) is -8.60. The summed E-state index contributed by atoms with van der Waals surface area (Å²) in [4.78, 5) is 12.2. The molecule has 0 saturated heterocycles. The number of hydrogen-bond acceptors (Lipinski definition) is 4. The molecule has 0 spiro atoms. The maximum Gasteiger partial charge on any atom is 0.262 e. The summed E-state index contributed by atoms with van der Waals surface area (Å²) in [6.45, 7) is -0.905. The zero-order chi connectivity index (χ0) is 21.4. The summed E-state index contributed by atoms with van der Waals surface area (Å²) in [5.41, 5.74) is 1.32. The predicted octanol–water partition coefficient (Wildman–Crippen LogP) is 5.17. The normalized spacial score (nSPS) is 11.1. The van der Waals surface area contributed by atoms with E-state index in [1.54, 1.807) is 12.1 Å². The predicted molar refractivity (Wildman–Crippen MR) is 101 cm³/mol. The van der Waals surface area contributed by atoms with Crippen LogP contribution in [0.1, 0.15) is 0 Å². The highest BCUT2D eigenvalue weighted by atomic mass is 19.2. The van der Waals surface area contributed by atoms with Crippen molar-refractivity contribution in [1.29, 1.82) is 0 Å². The van der Waals surface area contributed by atoms with Gasteiger partial charge in [0.05, 0.1) is 12.8 Å². The number of amides is 1. The maximum atomic E-state index is 13.6. The van der Waals surface area contributed by atoms with Crippen LogP contribution in [-0.4, -0.2) is 19.6 Å². The van der Waals surface area contributed by atoms with Crippen molar-refractivity contribution in [3.05, 3.63) is 65.7 Å². The lowest BCUT2D eigenvalue weighted by Gasteiger charge is -2.12. The number of benzene rings is 3. The summed E-state index contributed by atoms with van der Waals surface area (Å²) in [6, 6.07) is 10.6. The Morgan fingerprint density at radius 2 is 1.67 bits per heavy atom. The van der Waals surface area contributed by atoms with Gasteiger partial charge in [0.25, 0.3) is 5.91 Å². The van der Waals surface area contributed by atoms with E-state index in [0.717, 1.165) is 10.8 Å². The van der Waals surface area contributed by atoms with Crippen LogP contribution in [0.3, 0.4) is 0 Å². The molecule has 0 unspecified atom stereocenters. The Bertz CT molecular complexity index is 1260. The summed E-state index contributed by atoms with van der Waals surface area (Å²) in [6.07, 6.45) is 0. The number of anilines is 1. The molecule has 0 aliphatic rings. The van der Waals surface area contributed by atoms with E-state index in [0.29, 0.717) is 16.9 Å². The first-order valence-electron chi connectivity index (χ1n) is 8.64. The highest BCUT2D eigenvalue weighted by Gasteiger charge is 2.22. The van der Waals surface area contributed by atoms with E-state index in [2.05, 4.69) is 10.1 Å². The fourth-order valence-electron chi connectivity index (χ4n) is 3.02. The first-order chi connectivity index (χ1) is 14.4. The van der Waals surface area contributed by atoms with Gasteiger partial charge in [0.2, 0.25) is 11.6 Å². The Balaban J connectivity index is 1.58. The van der Waals surface area contributed by atoms with Crippen LogP contribution in [0.15, 0.2) is 46.9 Å². The third kappa shape index (κ3) is 3.38.